The Morgan fingerprint density at radius 1 is 1.17 bits per heavy atom. The summed E-state index contributed by atoms with van der Waals surface area (Å²) in [7, 11) is 0. The fourth-order valence-electron chi connectivity index (χ4n) is 5.14. The highest BCUT2D eigenvalue weighted by Crippen LogP contribution is 2.37. The number of carbonyl (C=O) groups is 1. The molecule has 2 atom stereocenters. The molecule has 5 rings (SSSR count). The van der Waals surface area contributed by atoms with Gasteiger partial charge in [-0.3, -0.25) is 4.79 Å². The van der Waals surface area contributed by atoms with Gasteiger partial charge in [-0.1, -0.05) is 0 Å². The molecular weight excluding hydrogens is 542 g/mol. The lowest BCUT2D eigenvalue weighted by atomic mass is 10.1. The number of carbonyl (C=O) groups excluding carboxylic acids is 1. The lowest BCUT2D eigenvalue weighted by Crippen LogP contribution is -2.37. The van der Waals surface area contributed by atoms with Gasteiger partial charge in [0.2, 0.25) is 5.88 Å². The van der Waals surface area contributed by atoms with E-state index < -0.39 is 23.3 Å². The molecule has 0 saturated carbocycles. The number of anilines is 1. The Morgan fingerprint density at radius 3 is 2.78 bits per heavy atom. The monoisotopic (exact) mass is 573 g/mol. The quantitative estimate of drug-likeness (QED) is 0.359. The minimum atomic E-state index is -4.74. The first kappa shape index (κ1) is 28.6. The van der Waals surface area contributed by atoms with Gasteiger partial charge in [-0.15, -0.1) is 0 Å². The van der Waals surface area contributed by atoms with E-state index in [1.165, 1.54) is 0 Å². The van der Waals surface area contributed by atoms with Crippen molar-refractivity contribution in [2.24, 2.45) is 5.92 Å². The van der Waals surface area contributed by atoms with Crippen LogP contribution in [0.4, 0.5) is 23.2 Å². The fraction of sp³-hybridized carbons (Fsp3) is 0.414. The van der Waals surface area contributed by atoms with Crippen molar-refractivity contribution in [2.45, 2.75) is 32.0 Å². The molecule has 12 heteroatoms. The third-order valence-electron chi connectivity index (χ3n) is 7.16. The Balaban J connectivity index is 1.37. The van der Waals surface area contributed by atoms with Gasteiger partial charge < -0.3 is 25.0 Å². The highest BCUT2D eigenvalue weighted by molar-refractivity contribution is 5.98. The summed E-state index contributed by atoms with van der Waals surface area (Å²) in [6.07, 6.45) is -1.67. The second-order valence-electron chi connectivity index (χ2n) is 10.1. The van der Waals surface area contributed by atoms with Crippen LogP contribution in [-0.4, -0.2) is 61.3 Å². The highest BCUT2D eigenvalue weighted by Gasteiger charge is 2.36. The van der Waals surface area contributed by atoms with Crippen molar-refractivity contribution in [2.75, 3.05) is 44.3 Å². The summed E-state index contributed by atoms with van der Waals surface area (Å²) in [5.41, 5.74) is 0.925. The molecule has 2 aliphatic heterocycles. The average Bonchev–Trinajstić information content (AvgIpc) is 3.64. The van der Waals surface area contributed by atoms with Crippen molar-refractivity contribution in [1.29, 1.82) is 0 Å². The Hall–Kier alpha value is -3.93. The number of nitrogens with one attached hydrogen (secondary N) is 2. The maximum Gasteiger partial charge on any atom is 0.420 e. The lowest BCUT2D eigenvalue weighted by molar-refractivity contribution is -0.139. The van der Waals surface area contributed by atoms with E-state index >= 15 is 0 Å². The number of ether oxygens (including phenoxy) is 2. The first-order chi connectivity index (χ1) is 19.7. The van der Waals surface area contributed by atoms with Crippen LogP contribution in [0.5, 0.6) is 11.6 Å². The lowest BCUT2D eigenvalue weighted by Gasteiger charge is -2.23. The zero-order valence-corrected chi connectivity index (χ0v) is 22.5. The number of amides is 1. The van der Waals surface area contributed by atoms with E-state index in [1.54, 1.807) is 18.3 Å². The molecule has 1 aromatic carbocycles. The molecule has 1 unspecified atom stereocenters. The van der Waals surface area contributed by atoms with Gasteiger partial charge in [-0.2, -0.15) is 13.2 Å². The molecule has 0 aliphatic carbocycles. The molecule has 2 fully saturated rings. The molecule has 2 aromatic heterocycles. The van der Waals surface area contributed by atoms with Crippen LogP contribution in [0.3, 0.4) is 0 Å². The number of rotatable bonds is 9. The summed E-state index contributed by atoms with van der Waals surface area (Å²) in [5, 5.41) is 6.29. The van der Waals surface area contributed by atoms with Gasteiger partial charge in [-0.25, -0.2) is 14.4 Å². The van der Waals surface area contributed by atoms with Gasteiger partial charge in [0.05, 0.1) is 30.2 Å². The molecule has 0 radical (unpaired) electrons. The normalized spacial score (nSPS) is 18.9. The molecule has 0 spiro atoms. The summed E-state index contributed by atoms with van der Waals surface area (Å²) in [5.74, 6) is -1.39. The molecule has 2 aliphatic rings. The number of halogens is 4. The topological polar surface area (TPSA) is 88.6 Å². The van der Waals surface area contributed by atoms with Crippen LogP contribution >= 0.6 is 0 Å². The summed E-state index contributed by atoms with van der Waals surface area (Å²) >= 11 is 0. The van der Waals surface area contributed by atoms with Crippen LogP contribution in [0.25, 0.3) is 11.3 Å². The maximum atomic E-state index is 13.5. The van der Waals surface area contributed by atoms with Crippen LogP contribution in [-0.2, 0) is 6.18 Å². The van der Waals surface area contributed by atoms with Gasteiger partial charge in [0.25, 0.3) is 5.91 Å². The Bertz CT molecular complexity index is 1380. The predicted octanol–water partition coefficient (Wildman–Crippen LogP) is 4.70. The number of aromatic nitrogens is 2. The van der Waals surface area contributed by atoms with Crippen molar-refractivity contribution in [3.63, 3.8) is 0 Å². The summed E-state index contributed by atoms with van der Waals surface area (Å²) < 4.78 is 64.8. The van der Waals surface area contributed by atoms with Gasteiger partial charge in [-0.05, 0) is 68.8 Å². The smallest absolute Gasteiger partial charge is 0.420 e. The third kappa shape index (κ3) is 6.70. The molecule has 2 saturated heterocycles. The van der Waals surface area contributed by atoms with Crippen molar-refractivity contribution < 1.29 is 31.8 Å². The second kappa shape index (κ2) is 12.3. The molecule has 2 N–H and O–H groups in total. The molecular formula is C29H31F4N5O3. The third-order valence-corrected chi connectivity index (χ3v) is 7.16. The Morgan fingerprint density at radius 2 is 2.02 bits per heavy atom. The van der Waals surface area contributed by atoms with Crippen molar-refractivity contribution in [1.82, 2.24) is 20.6 Å². The van der Waals surface area contributed by atoms with Crippen LogP contribution in [0, 0.1) is 11.7 Å². The molecule has 8 nitrogen and oxygen atoms in total. The van der Waals surface area contributed by atoms with Crippen LogP contribution in [0.2, 0.25) is 0 Å². The molecule has 218 valence electrons. The number of benzene rings is 1. The SMILES string of the molecule is CCOc1ncccc1-c1ccc(N2CCC(COc3ccc(F)cc3C(F)(F)F)C2)c(C(=O)N[C@@H]2CCNC2)n1. The number of alkyl halides is 3. The van der Waals surface area contributed by atoms with Crippen molar-refractivity contribution >= 4 is 11.6 Å². The molecule has 1 amide bonds. The minimum absolute atomic E-state index is 0.0133. The van der Waals surface area contributed by atoms with Crippen molar-refractivity contribution in [3.05, 3.63) is 65.7 Å². The van der Waals surface area contributed by atoms with E-state index in [9.17, 15) is 22.4 Å². The molecule has 4 heterocycles. The number of nitrogens with zero attached hydrogens (tertiary/aromatic N) is 3. The molecule has 41 heavy (non-hydrogen) atoms. The fourth-order valence-corrected chi connectivity index (χ4v) is 5.14. The largest absolute Gasteiger partial charge is 0.493 e. The molecule has 0 bridgehead atoms. The van der Waals surface area contributed by atoms with Gasteiger partial charge in [0.15, 0.2) is 5.69 Å². The zero-order valence-electron chi connectivity index (χ0n) is 22.5. The second-order valence-corrected chi connectivity index (χ2v) is 10.1. The summed E-state index contributed by atoms with van der Waals surface area (Å²) in [6, 6.07) is 9.61. The van der Waals surface area contributed by atoms with Gasteiger partial charge in [0.1, 0.15) is 17.1 Å². The highest BCUT2D eigenvalue weighted by atomic mass is 19.4. The number of pyridine rings is 2. The first-order valence-corrected chi connectivity index (χ1v) is 13.6. The maximum absolute atomic E-state index is 13.5. The van der Waals surface area contributed by atoms with Gasteiger partial charge in [0, 0.05) is 37.8 Å². The van der Waals surface area contributed by atoms with Gasteiger partial charge >= 0.3 is 6.18 Å². The Kier molecular flexibility index (Phi) is 8.57. The van der Waals surface area contributed by atoms with E-state index in [-0.39, 0.29) is 30.2 Å². The van der Waals surface area contributed by atoms with E-state index in [4.69, 9.17) is 14.5 Å². The first-order valence-electron chi connectivity index (χ1n) is 13.6. The standard InChI is InChI=1S/C29H31F4N5O3/c1-2-40-28-21(4-3-11-35-28)23-6-7-24(26(37-23)27(39)36-20-9-12-34-15-20)38-13-10-18(16-38)17-41-25-8-5-19(30)14-22(25)29(31,32)33/h3-8,11,14,18,20,34H,2,9-10,12-13,15-17H2,1H3,(H,36,39)/t18?,20-/m1/s1. The number of hydrogen-bond acceptors (Lipinski definition) is 7. The minimum Gasteiger partial charge on any atom is -0.493 e. The summed E-state index contributed by atoms with van der Waals surface area (Å²) in [4.78, 5) is 24.5. The number of hydrogen-bond donors (Lipinski definition) is 2. The van der Waals surface area contributed by atoms with Crippen LogP contribution in [0.15, 0.2) is 48.7 Å². The Labute approximate surface area is 235 Å². The zero-order chi connectivity index (χ0) is 29.0. The van der Waals surface area contributed by atoms with Crippen molar-refractivity contribution in [3.8, 4) is 22.9 Å². The van der Waals surface area contributed by atoms with E-state index in [0.29, 0.717) is 61.6 Å². The van der Waals surface area contributed by atoms with E-state index in [0.717, 1.165) is 25.1 Å². The summed E-state index contributed by atoms with van der Waals surface area (Å²) in [6.45, 7) is 4.79. The molecule has 3 aromatic rings. The van der Waals surface area contributed by atoms with Crippen LogP contribution in [0.1, 0.15) is 35.8 Å². The van der Waals surface area contributed by atoms with Crippen LogP contribution < -0.4 is 25.0 Å². The van der Waals surface area contributed by atoms with E-state index in [1.807, 2.05) is 24.0 Å². The predicted molar refractivity (Wildman–Crippen MR) is 145 cm³/mol. The van der Waals surface area contributed by atoms with E-state index in [2.05, 4.69) is 15.6 Å². The average molecular weight is 574 g/mol.